The maximum atomic E-state index is 12.2. The summed E-state index contributed by atoms with van der Waals surface area (Å²) in [4.78, 5) is 12.7. The van der Waals surface area contributed by atoms with Crippen LogP contribution in [0.1, 0.15) is 19.4 Å². The molecule has 0 bridgehead atoms. The van der Waals surface area contributed by atoms with Gasteiger partial charge < -0.3 is 15.4 Å². The number of rotatable bonds is 10. The first-order valence-corrected chi connectivity index (χ1v) is 9.86. The number of benzene rings is 1. The third-order valence-electron chi connectivity index (χ3n) is 3.24. The molecular weight excluding hydrogens is 356 g/mol. The standard InChI is InChI=1S/C16H24N6O3S/c1-4-17-14-20-15(18-5-2)22-16(21-14)25-11-10-19-26(23,24)13-8-6-12(3)7-9-13/h6-9,19H,4-5,10-11H2,1-3H3,(H2,17,18,20,21,22). The lowest BCUT2D eigenvalue weighted by atomic mass is 10.2. The average Bonchev–Trinajstić information content (AvgIpc) is 2.60. The van der Waals surface area contributed by atoms with Crippen LogP contribution in [0.2, 0.25) is 0 Å². The molecule has 3 N–H and O–H groups in total. The van der Waals surface area contributed by atoms with Crippen molar-refractivity contribution in [3.63, 3.8) is 0 Å². The Morgan fingerprint density at radius 3 is 2.08 bits per heavy atom. The predicted molar refractivity (Wildman–Crippen MR) is 100 cm³/mol. The molecule has 0 radical (unpaired) electrons. The largest absolute Gasteiger partial charge is 0.462 e. The van der Waals surface area contributed by atoms with Gasteiger partial charge in [0, 0.05) is 19.6 Å². The summed E-state index contributed by atoms with van der Waals surface area (Å²) in [5, 5.41) is 5.99. The first-order chi connectivity index (χ1) is 12.4. The smallest absolute Gasteiger partial charge is 0.323 e. The third kappa shape index (κ3) is 5.81. The van der Waals surface area contributed by atoms with Crippen LogP contribution in [0.4, 0.5) is 11.9 Å². The molecule has 1 heterocycles. The highest BCUT2D eigenvalue weighted by Gasteiger charge is 2.13. The number of hydrogen-bond acceptors (Lipinski definition) is 8. The number of ether oxygens (including phenoxy) is 1. The van der Waals surface area contributed by atoms with E-state index in [1.807, 2.05) is 20.8 Å². The Morgan fingerprint density at radius 1 is 0.962 bits per heavy atom. The van der Waals surface area contributed by atoms with Gasteiger partial charge in [-0.3, -0.25) is 0 Å². The third-order valence-corrected chi connectivity index (χ3v) is 4.72. The molecule has 10 heteroatoms. The van der Waals surface area contributed by atoms with E-state index in [0.29, 0.717) is 25.0 Å². The number of hydrogen-bond donors (Lipinski definition) is 3. The Hall–Kier alpha value is -2.46. The summed E-state index contributed by atoms with van der Waals surface area (Å²) in [7, 11) is -3.57. The van der Waals surface area contributed by atoms with E-state index in [2.05, 4.69) is 30.3 Å². The number of nitrogens with zero attached hydrogens (tertiary/aromatic N) is 3. The van der Waals surface area contributed by atoms with Gasteiger partial charge in [-0.15, -0.1) is 0 Å². The van der Waals surface area contributed by atoms with Crippen molar-refractivity contribution in [2.75, 3.05) is 36.9 Å². The van der Waals surface area contributed by atoms with Crippen LogP contribution in [0.5, 0.6) is 6.01 Å². The SMILES string of the molecule is CCNc1nc(NCC)nc(OCCNS(=O)(=O)c2ccc(C)cc2)n1. The fourth-order valence-corrected chi connectivity index (χ4v) is 3.03. The zero-order valence-electron chi connectivity index (χ0n) is 15.1. The Bertz CT molecular complexity index is 787. The molecule has 26 heavy (non-hydrogen) atoms. The monoisotopic (exact) mass is 380 g/mol. The molecule has 0 spiro atoms. The molecule has 142 valence electrons. The molecule has 2 aromatic rings. The molecule has 0 saturated heterocycles. The lowest BCUT2D eigenvalue weighted by Gasteiger charge is -2.10. The normalized spacial score (nSPS) is 11.2. The number of aromatic nitrogens is 3. The van der Waals surface area contributed by atoms with E-state index >= 15 is 0 Å². The predicted octanol–water partition coefficient (Wildman–Crippen LogP) is 1.40. The molecule has 0 unspecified atom stereocenters. The minimum atomic E-state index is -3.57. The Balaban J connectivity index is 1.93. The van der Waals surface area contributed by atoms with Crippen LogP contribution in [0.25, 0.3) is 0 Å². The first kappa shape index (κ1) is 19.9. The second-order valence-electron chi connectivity index (χ2n) is 5.39. The van der Waals surface area contributed by atoms with Crippen LogP contribution in [-0.2, 0) is 10.0 Å². The van der Waals surface area contributed by atoms with Gasteiger partial charge in [0.1, 0.15) is 6.61 Å². The van der Waals surface area contributed by atoms with Gasteiger partial charge in [-0.2, -0.15) is 15.0 Å². The number of anilines is 2. The molecule has 0 aliphatic carbocycles. The summed E-state index contributed by atoms with van der Waals surface area (Å²) in [6, 6.07) is 6.76. The lowest BCUT2D eigenvalue weighted by molar-refractivity contribution is 0.297. The minimum Gasteiger partial charge on any atom is -0.462 e. The van der Waals surface area contributed by atoms with Crippen molar-refractivity contribution in [3.8, 4) is 6.01 Å². The van der Waals surface area contributed by atoms with Crippen LogP contribution in [0, 0.1) is 6.92 Å². The zero-order chi connectivity index (χ0) is 19.0. The molecule has 9 nitrogen and oxygen atoms in total. The molecular formula is C16H24N6O3S. The molecule has 0 fully saturated rings. The van der Waals surface area contributed by atoms with E-state index in [0.717, 1.165) is 5.56 Å². The van der Waals surface area contributed by atoms with E-state index in [9.17, 15) is 8.42 Å². The molecule has 0 saturated carbocycles. The first-order valence-electron chi connectivity index (χ1n) is 8.37. The Morgan fingerprint density at radius 2 is 1.54 bits per heavy atom. The average molecular weight is 380 g/mol. The van der Waals surface area contributed by atoms with Gasteiger partial charge in [0.25, 0.3) is 0 Å². The summed E-state index contributed by atoms with van der Waals surface area (Å²) >= 11 is 0. The Kier molecular flexibility index (Phi) is 7.10. The minimum absolute atomic E-state index is 0.0895. The summed E-state index contributed by atoms with van der Waals surface area (Å²) in [5.41, 5.74) is 0.995. The molecule has 1 aromatic carbocycles. The van der Waals surface area contributed by atoms with Gasteiger partial charge in [-0.1, -0.05) is 17.7 Å². The summed E-state index contributed by atoms with van der Waals surface area (Å²) in [6.07, 6.45) is 0. The van der Waals surface area contributed by atoms with Crippen molar-refractivity contribution < 1.29 is 13.2 Å². The summed E-state index contributed by atoms with van der Waals surface area (Å²) in [6.45, 7) is 7.25. The van der Waals surface area contributed by atoms with E-state index in [1.54, 1.807) is 24.3 Å². The van der Waals surface area contributed by atoms with Gasteiger partial charge in [0.15, 0.2) is 0 Å². The molecule has 0 aliphatic rings. The molecule has 0 amide bonds. The number of nitrogens with one attached hydrogen (secondary N) is 3. The van der Waals surface area contributed by atoms with Crippen LogP contribution >= 0.6 is 0 Å². The highest BCUT2D eigenvalue weighted by molar-refractivity contribution is 7.89. The van der Waals surface area contributed by atoms with E-state index < -0.39 is 10.0 Å². The second kappa shape index (κ2) is 9.30. The van der Waals surface area contributed by atoms with Crippen molar-refractivity contribution in [2.45, 2.75) is 25.7 Å². The zero-order valence-corrected chi connectivity index (χ0v) is 15.9. The molecule has 0 aliphatic heterocycles. The highest BCUT2D eigenvalue weighted by Crippen LogP contribution is 2.12. The van der Waals surface area contributed by atoms with Gasteiger partial charge >= 0.3 is 6.01 Å². The van der Waals surface area contributed by atoms with Crippen molar-refractivity contribution in [3.05, 3.63) is 29.8 Å². The van der Waals surface area contributed by atoms with Gasteiger partial charge in [0.2, 0.25) is 21.9 Å². The van der Waals surface area contributed by atoms with Gasteiger partial charge in [0.05, 0.1) is 4.90 Å². The van der Waals surface area contributed by atoms with Crippen LogP contribution in [0.15, 0.2) is 29.2 Å². The second-order valence-corrected chi connectivity index (χ2v) is 7.15. The fourth-order valence-electron chi connectivity index (χ4n) is 2.01. The lowest BCUT2D eigenvalue weighted by Crippen LogP contribution is -2.28. The van der Waals surface area contributed by atoms with Crippen molar-refractivity contribution >= 4 is 21.9 Å². The van der Waals surface area contributed by atoms with Crippen LogP contribution < -0.4 is 20.1 Å². The highest BCUT2D eigenvalue weighted by atomic mass is 32.2. The van der Waals surface area contributed by atoms with E-state index in [4.69, 9.17) is 4.74 Å². The molecule has 2 rings (SSSR count). The maximum Gasteiger partial charge on any atom is 0.323 e. The van der Waals surface area contributed by atoms with Crippen molar-refractivity contribution in [1.82, 2.24) is 19.7 Å². The number of aryl methyl sites for hydroxylation is 1. The van der Waals surface area contributed by atoms with Crippen LogP contribution in [0.3, 0.4) is 0 Å². The van der Waals surface area contributed by atoms with Gasteiger partial charge in [-0.25, -0.2) is 13.1 Å². The molecule has 0 atom stereocenters. The fraction of sp³-hybridized carbons (Fsp3) is 0.438. The van der Waals surface area contributed by atoms with Crippen molar-refractivity contribution in [1.29, 1.82) is 0 Å². The number of sulfonamides is 1. The van der Waals surface area contributed by atoms with Crippen molar-refractivity contribution in [2.24, 2.45) is 0 Å². The summed E-state index contributed by atoms with van der Waals surface area (Å²) < 4.78 is 32.4. The molecule has 1 aromatic heterocycles. The van der Waals surface area contributed by atoms with E-state index in [1.165, 1.54) is 0 Å². The van der Waals surface area contributed by atoms with Crippen LogP contribution in [-0.4, -0.2) is 49.6 Å². The topological polar surface area (TPSA) is 118 Å². The quantitative estimate of drug-likeness (QED) is 0.529. The maximum absolute atomic E-state index is 12.2. The summed E-state index contributed by atoms with van der Waals surface area (Å²) in [5.74, 6) is 0.794. The van der Waals surface area contributed by atoms with Gasteiger partial charge in [-0.05, 0) is 32.9 Å². The van der Waals surface area contributed by atoms with E-state index in [-0.39, 0.29) is 24.1 Å². The Labute approximate surface area is 153 Å².